The quantitative estimate of drug-likeness (QED) is 0.283. The highest BCUT2D eigenvalue weighted by Gasteiger charge is 2.21. The molecule has 0 spiro atoms. The Hall–Kier alpha value is 1.40. The Bertz CT molecular complexity index is 266. The molecule has 0 aromatic rings. The summed E-state index contributed by atoms with van der Waals surface area (Å²) < 4.78 is 0. The van der Waals surface area contributed by atoms with Crippen LogP contribution in [0.25, 0.3) is 0 Å². The maximum Gasteiger partial charge on any atom is 0.0954 e. The summed E-state index contributed by atoms with van der Waals surface area (Å²) in [6.45, 7) is 8.71. The van der Waals surface area contributed by atoms with Gasteiger partial charge in [-0.2, -0.15) is 23.5 Å². The van der Waals surface area contributed by atoms with Crippen LogP contribution >= 0.6 is 40.1 Å². The first-order valence-corrected chi connectivity index (χ1v) is 13.0. The molecule has 0 heterocycles. The summed E-state index contributed by atoms with van der Waals surface area (Å²) in [6.07, 6.45) is 3.65. The molecule has 0 rings (SSSR count). The van der Waals surface area contributed by atoms with E-state index in [1.807, 2.05) is 23.5 Å². The predicted octanol–water partition coefficient (Wildman–Crippen LogP) is 3.81. The van der Waals surface area contributed by atoms with Crippen LogP contribution in [0.5, 0.6) is 0 Å². The molecule has 2 unspecified atom stereocenters. The minimum absolute atomic E-state index is 0.143. The van der Waals surface area contributed by atoms with Gasteiger partial charge in [0.05, 0.1) is 16.6 Å². The summed E-state index contributed by atoms with van der Waals surface area (Å²) in [5.41, 5.74) is 11.3. The second kappa shape index (κ2) is 11.9. The van der Waals surface area contributed by atoms with Crippen LogP contribution in [0.4, 0.5) is 0 Å². The van der Waals surface area contributed by atoms with Crippen molar-refractivity contribution in [1.29, 1.82) is 0 Å². The molecule has 0 aromatic carbocycles. The zero-order chi connectivity index (χ0) is 17.2. The van der Waals surface area contributed by atoms with E-state index in [4.69, 9.17) is 11.0 Å². The Kier molecular flexibility index (Phi) is 12.6. The molecule has 4 nitrogen and oxygen atoms in total. The van der Waals surface area contributed by atoms with Crippen molar-refractivity contribution in [3.8, 4) is 0 Å². The van der Waals surface area contributed by atoms with Gasteiger partial charge in [-0.1, -0.05) is 27.7 Å². The zero-order valence-electron chi connectivity index (χ0n) is 14.4. The van der Waals surface area contributed by atoms with Crippen LogP contribution in [-0.2, 0) is 0 Å². The van der Waals surface area contributed by atoms with Gasteiger partial charge in [0.25, 0.3) is 0 Å². The molecule has 0 aliphatic rings. The molecular formula is C14H34N2O2P2S2. The van der Waals surface area contributed by atoms with E-state index in [2.05, 4.69) is 27.7 Å². The summed E-state index contributed by atoms with van der Waals surface area (Å²) in [5, 5.41) is 0. The van der Waals surface area contributed by atoms with Gasteiger partial charge in [-0.15, -0.1) is 0 Å². The van der Waals surface area contributed by atoms with Crippen molar-refractivity contribution in [1.82, 2.24) is 0 Å². The monoisotopic (exact) mass is 388 g/mol. The van der Waals surface area contributed by atoms with Crippen molar-refractivity contribution in [3.05, 3.63) is 0 Å². The molecule has 0 aliphatic heterocycles. The maximum atomic E-state index is 9.32. The number of rotatable bonds is 13. The lowest BCUT2D eigenvalue weighted by molar-refractivity contribution is 0.398. The van der Waals surface area contributed by atoms with Crippen molar-refractivity contribution in [2.45, 2.75) is 40.5 Å². The van der Waals surface area contributed by atoms with Gasteiger partial charge in [0.2, 0.25) is 0 Å². The molecule has 0 aliphatic carbocycles. The first kappa shape index (κ1) is 23.4. The number of thioether (sulfide) groups is 2. The van der Waals surface area contributed by atoms with Crippen molar-refractivity contribution in [2.75, 3.05) is 35.3 Å². The zero-order valence-corrected chi connectivity index (χ0v) is 17.8. The molecule has 0 radical (unpaired) electrons. The summed E-state index contributed by atoms with van der Waals surface area (Å²) in [4.78, 5) is 18.6. The topological polar surface area (TPSA) is 92.5 Å². The van der Waals surface area contributed by atoms with Gasteiger partial charge in [0, 0.05) is 23.8 Å². The summed E-state index contributed by atoms with van der Waals surface area (Å²) >= 11 is 3.97. The fourth-order valence-corrected chi connectivity index (χ4v) is 6.87. The van der Waals surface area contributed by atoms with Gasteiger partial charge in [0.15, 0.2) is 0 Å². The molecule has 2 atom stereocenters. The minimum Gasteiger partial charge on any atom is -0.359 e. The van der Waals surface area contributed by atoms with Gasteiger partial charge in [0.1, 0.15) is 0 Å². The number of hydrogen-bond acceptors (Lipinski definition) is 6. The fraction of sp³-hybridized carbons (Fsp3) is 1.00. The van der Waals surface area contributed by atoms with Crippen LogP contribution in [-0.4, -0.2) is 45.1 Å². The Morgan fingerprint density at radius 2 is 1.05 bits per heavy atom. The highest BCUT2D eigenvalue weighted by atomic mass is 32.2. The van der Waals surface area contributed by atoms with Gasteiger partial charge in [-0.3, -0.25) is 11.0 Å². The van der Waals surface area contributed by atoms with Gasteiger partial charge >= 0.3 is 0 Å². The van der Waals surface area contributed by atoms with E-state index >= 15 is 0 Å². The van der Waals surface area contributed by atoms with Crippen LogP contribution in [0, 0.1) is 10.8 Å². The molecule has 0 saturated heterocycles. The lowest BCUT2D eigenvalue weighted by Gasteiger charge is -2.25. The third-order valence-electron chi connectivity index (χ3n) is 3.40. The normalized spacial score (nSPS) is 15.8. The van der Waals surface area contributed by atoms with Crippen molar-refractivity contribution in [2.24, 2.45) is 21.8 Å². The van der Waals surface area contributed by atoms with E-state index in [-0.39, 0.29) is 10.8 Å². The Balaban J connectivity index is 3.55. The smallest absolute Gasteiger partial charge is 0.0954 e. The lowest BCUT2D eigenvalue weighted by Crippen LogP contribution is -2.19. The molecular weight excluding hydrogens is 354 g/mol. The second-order valence-corrected chi connectivity index (χ2v) is 12.1. The SMILES string of the molecule is CC(C)(CCSCCSCCC(C)(C)CP(N)O)CP(N)O. The molecule has 134 valence electrons. The minimum atomic E-state index is -1.28. The summed E-state index contributed by atoms with van der Waals surface area (Å²) in [7, 11) is -2.56. The Morgan fingerprint density at radius 3 is 1.32 bits per heavy atom. The van der Waals surface area contributed by atoms with Crippen molar-refractivity contribution in [3.63, 3.8) is 0 Å². The molecule has 0 fully saturated rings. The standard InChI is InChI=1S/C14H34N2O2P2S2/c1-13(2,11-19(15)17)5-7-21-9-10-22-8-6-14(3,4)12-20(16)18/h17-18H,5-12,15-16H2,1-4H3. The molecule has 0 amide bonds. The molecule has 22 heavy (non-hydrogen) atoms. The van der Waals surface area contributed by atoms with E-state index in [1.54, 1.807) is 0 Å². The fourth-order valence-electron chi connectivity index (χ4n) is 2.05. The van der Waals surface area contributed by atoms with Crippen LogP contribution in [0.2, 0.25) is 0 Å². The van der Waals surface area contributed by atoms with E-state index < -0.39 is 16.6 Å². The van der Waals surface area contributed by atoms with Gasteiger partial charge < -0.3 is 9.79 Å². The molecule has 0 bridgehead atoms. The third-order valence-corrected chi connectivity index (χ3v) is 7.99. The van der Waals surface area contributed by atoms with Crippen molar-refractivity contribution < 1.29 is 9.79 Å². The number of hydrogen-bond donors (Lipinski definition) is 4. The molecule has 0 aromatic heterocycles. The van der Waals surface area contributed by atoms with E-state index in [9.17, 15) is 9.79 Å². The van der Waals surface area contributed by atoms with E-state index in [0.29, 0.717) is 0 Å². The Labute approximate surface area is 147 Å². The third kappa shape index (κ3) is 15.0. The highest BCUT2D eigenvalue weighted by Crippen LogP contribution is 2.35. The van der Waals surface area contributed by atoms with Gasteiger partial charge in [-0.05, 0) is 35.2 Å². The molecule has 6 N–H and O–H groups in total. The van der Waals surface area contributed by atoms with Crippen LogP contribution in [0.15, 0.2) is 0 Å². The Morgan fingerprint density at radius 1 is 0.727 bits per heavy atom. The first-order valence-electron chi connectivity index (χ1n) is 7.62. The van der Waals surface area contributed by atoms with E-state index in [1.165, 1.54) is 11.5 Å². The van der Waals surface area contributed by atoms with Gasteiger partial charge in [-0.25, -0.2) is 0 Å². The maximum absolute atomic E-state index is 9.32. The van der Waals surface area contributed by atoms with Crippen LogP contribution in [0.1, 0.15) is 40.5 Å². The highest BCUT2D eigenvalue weighted by molar-refractivity contribution is 8.02. The summed E-state index contributed by atoms with van der Waals surface area (Å²) in [5.74, 6) is 4.59. The second-order valence-electron chi connectivity index (χ2n) is 7.25. The van der Waals surface area contributed by atoms with Crippen LogP contribution < -0.4 is 11.0 Å². The predicted molar refractivity (Wildman–Crippen MR) is 108 cm³/mol. The van der Waals surface area contributed by atoms with E-state index in [0.717, 1.165) is 36.7 Å². The average Bonchev–Trinajstić information content (AvgIpc) is 2.28. The number of nitrogens with two attached hydrogens (primary N) is 2. The first-order chi connectivity index (χ1) is 10.0. The lowest BCUT2D eigenvalue weighted by atomic mass is 9.93. The van der Waals surface area contributed by atoms with Crippen molar-refractivity contribution >= 4 is 40.1 Å². The largest absolute Gasteiger partial charge is 0.359 e. The summed E-state index contributed by atoms with van der Waals surface area (Å²) in [6, 6.07) is 0. The average molecular weight is 389 g/mol. The van der Waals surface area contributed by atoms with Crippen LogP contribution in [0.3, 0.4) is 0 Å². The molecule has 8 heteroatoms. The molecule has 0 saturated carbocycles.